The Kier molecular flexibility index (Phi) is 4.61. The Morgan fingerprint density at radius 1 is 1.45 bits per heavy atom. The fourth-order valence-electron chi connectivity index (χ4n) is 2.57. The fourth-order valence-corrected chi connectivity index (χ4v) is 2.57. The van der Waals surface area contributed by atoms with Gasteiger partial charge in [0.15, 0.2) is 0 Å². The maximum Gasteiger partial charge on any atom is 0.101 e. The van der Waals surface area contributed by atoms with Crippen LogP contribution in [0.3, 0.4) is 0 Å². The molecule has 2 rings (SSSR count). The van der Waals surface area contributed by atoms with E-state index in [2.05, 4.69) is 6.07 Å². The molecule has 0 radical (unpaired) electrons. The summed E-state index contributed by atoms with van der Waals surface area (Å²) in [6, 6.07) is 7.81. The summed E-state index contributed by atoms with van der Waals surface area (Å²) >= 11 is 0. The first kappa shape index (κ1) is 14.8. The second kappa shape index (κ2) is 6.23. The van der Waals surface area contributed by atoms with Crippen molar-refractivity contribution in [2.45, 2.75) is 25.0 Å². The van der Waals surface area contributed by atoms with Gasteiger partial charge >= 0.3 is 0 Å². The SMILES string of the molecule is CN(CC1(O)CCOCC1)c1ccc(CN)cc1C#N. The average molecular weight is 275 g/mol. The van der Waals surface area contributed by atoms with E-state index in [0.717, 1.165) is 11.3 Å². The molecule has 0 aliphatic carbocycles. The van der Waals surface area contributed by atoms with Gasteiger partial charge in [-0.15, -0.1) is 0 Å². The first-order chi connectivity index (χ1) is 9.58. The number of ether oxygens (including phenoxy) is 1. The first-order valence-corrected chi connectivity index (χ1v) is 6.82. The number of benzene rings is 1. The molecule has 1 aromatic rings. The summed E-state index contributed by atoms with van der Waals surface area (Å²) in [6.07, 6.45) is 1.25. The van der Waals surface area contributed by atoms with Crippen LogP contribution in [0, 0.1) is 11.3 Å². The quantitative estimate of drug-likeness (QED) is 0.856. The number of hydrogen-bond donors (Lipinski definition) is 2. The van der Waals surface area contributed by atoms with Crippen LogP contribution in [0.15, 0.2) is 18.2 Å². The average Bonchev–Trinajstić information content (AvgIpc) is 2.46. The summed E-state index contributed by atoms with van der Waals surface area (Å²) in [5.41, 5.74) is 7.20. The van der Waals surface area contributed by atoms with E-state index in [9.17, 15) is 10.4 Å². The minimum absolute atomic E-state index is 0.417. The second-order valence-corrected chi connectivity index (χ2v) is 5.36. The van der Waals surface area contributed by atoms with Crippen LogP contribution in [-0.2, 0) is 11.3 Å². The van der Waals surface area contributed by atoms with Gasteiger partial charge in [-0.05, 0) is 17.7 Å². The van der Waals surface area contributed by atoms with E-state index in [0.29, 0.717) is 44.7 Å². The van der Waals surface area contributed by atoms with Gasteiger partial charge in [-0.1, -0.05) is 6.07 Å². The Bertz CT molecular complexity index is 504. The number of nitrogens with two attached hydrogens (primary N) is 1. The van der Waals surface area contributed by atoms with Crippen molar-refractivity contribution in [3.63, 3.8) is 0 Å². The van der Waals surface area contributed by atoms with Gasteiger partial charge in [-0.3, -0.25) is 0 Å². The van der Waals surface area contributed by atoms with Crippen molar-refractivity contribution in [3.8, 4) is 6.07 Å². The molecule has 0 saturated carbocycles. The first-order valence-electron chi connectivity index (χ1n) is 6.82. The van der Waals surface area contributed by atoms with Gasteiger partial charge in [-0.2, -0.15) is 5.26 Å². The lowest BCUT2D eigenvalue weighted by molar-refractivity contribution is -0.0572. The molecular weight excluding hydrogens is 254 g/mol. The van der Waals surface area contributed by atoms with Gasteiger partial charge < -0.3 is 20.5 Å². The molecule has 0 bridgehead atoms. The van der Waals surface area contributed by atoms with Crippen LogP contribution in [0.2, 0.25) is 0 Å². The highest BCUT2D eigenvalue weighted by Crippen LogP contribution is 2.26. The molecule has 0 aromatic heterocycles. The van der Waals surface area contributed by atoms with E-state index in [4.69, 9.17) is 10.5 Å². The van der Waals surface area contributed by atoms with Crippen LogP contribution in [0.4, 0.5) is 5.69 Å². The van der Waals surface area contributed by atoms with E-state index in [-0.39, 0.29) is 0 Å². The molecule has 108 valence electrons. The lowest BCUT2D eigenvalue weighted by Crippen LogP contribution is -2.45. The Morgan fingerprint density at radius 3 is 2.75 bits per heavy atom. The molecule has 1 fully saturated rings. The number of nitrogens with zero attached hydrogens (tertiary/aromatic N) is 2. The third-order valence-corrected chi connectivity index (χ3v) is 3.78. The van der Waals surface area contributed by atoms with E-state index in [1.165, 1.54) is 0 Å². The van der Waals surface area contributed by atoms with Crippen molar-refractivity contribution in [1.82, 2.24) is 0 Å². The number of likely N-dealkylation sites (N-methyl/N-ethyl adjacent to an activating group) is 1. The smallest absolute Gasteiger partial charge is 0.101 e. The topological polar surface area (TPSA) is 82.5 Å². The summed E-state index contributed by atoms with van der Waals surface area (Å²) in [5.74, 6) is 0. The molecule has 0 unspecified atom stereocenters. The third kappa shape index (κ3) is 3.28. The fraction of sp³-hybridized carbons (Fsp3) is 0.533. The van der Waals surface area contributed by atoms with Crippen molar-refractivity contribution >= 4 is 5.69 Å². The minimum atomic E-state index is -0.744. The van der Waals surface area contributed by atoms with Crippen LogP contribution >= 0.6 is 0 Å². The van der Waals surface area contributed by atoms with Crippen LogP contribution in [0.1, 0.15) is 24.0 Å². The summed E-state index contributed by atoms with van der Waals surface area (Å²) in [4.78, 5) is 1.93. The summed E-state index contributed by atoms with van der Waals surface area (Å²) in [6.45, 7) is 2.08. The van der Waals surface area contributed by atoms with E-state index in [1.54, 1.807) is 6.07 Å². The van der Waals surface area contributed by atoms with Gasteiger partial charge in [0.2, 0.25) is 0 Å². The molecular formula is C15H21N3O2. The van der Waals surface area contributed by atoms with Gasteiger partial charge in [0.1, 0.15) is 6.07 Å². The predicted molar refractivity (Wildman–Crippen MR) is 77.3 cm³/mol. The van der Waals surface area contributed by atoms with Gasteiger partial charge in [0, 0.05) is 46.2 Å². The number of hydrogen-bond acceptors (Lipinski definition) is 5. The van der Waals surface area contributed by atoms with Crippen LogP contribution in [0.5, 0.6) is 0 Å². The third-order valence-electron chi connectivity index (χ3n) is 3.78. The molecule has 1 aromatic carbocycles. The molecule has 1 heterocycles. The standard InChI is InChI=1S/C15H21N3O2/c1-18(11-15(19)4-6-20-7-5-15)14-3-2-12(9-16)8-13(14)10-17/h2-3,8,19H,4-7,9,11,16H2,1H3. The normalized spacial score (nSPS) is 17.5. The van der Waals surface area contributed by atoms with E-state index in [1.807, 2.05) is 24.1 Å². The molecule has 3 N–H and O–H groups in total. The zero-order chi connectivity index (χ0) is 14.6. The highest BCUT2D eigenvalue weighted by molar-refractivity contribution is 5.60. The minimum Gasteiger partial charge on any atom is -0.388 e. The summed E-state index contributed by atoms with van der Waals surface area (Å²) < 4.78 is 5.28. The molecule has 0 amide bonds. The maximum absolute atomic E-state index is 10.5. The van der Waals surface area contributed by atoms with Crippen molar-refractivity contribution in [2.75, 3.05) is 31.7 Å². The largest absolute Gasteiger partial charge is 0.388 e. The summed E-state index contributed by atoms with van der Waals surface area (Å²) in [7, 11) is 1.89. The second-order valence-electron chi connectivity index (χ2n) is 5.36. The molecule has 1 aliphatic rings. The van der Waals surface area contributed by atoms with Gasteiger partial charge in [0.05, 0.1) is 16.9 Å². The van der Waals surface area contributed by atoms with Gasteiger partial charge in [-0.25, -0.2) is 0 Å². The number of anilines is 1. The van der Waals surface area contributed by atoms with Crippen molar-refractivity contribution < 1.29 is 9.84 Å². The molecule has 0 spiro atoms. The lowest BCUT2D eigenvalue weighted by atomic mass is 9.93. The summed E-state index contributed by atoms with van der Waals surface area (Å²) in [5, 5.41) is 19.8. The lowest BCUT2D eigenvalue weighted by Gasteiger charge is -2.36. The Labute approximate surface area is 119 Å². The Morgan fingerprint density at radius 2 is 2.15 bits per heavy atom. The highest BCUT2D eigenvalue weighted by atomic mass is 16.5. The van der Waals surface area contributed by atoms with Crippen molar-refractivity contribution in [2.24, 2.45) is 5.73 Å². The number of aliphatic hydroxyl groups is 1. The molecule has 1 aliphatic heterocycles. The maximum atomic E-state index is 10.5. The molecule has 20 heavy (non-hydrogen) atoms. The molecule has 5 heteroatoms. The monoisotopic (exact) mass is 275 g/mol. The van der Waals surface area contributed by atoms with E-state index >= 15 is 0 Å². The Balaban J connectivity index is 2.16. The molecule has 5 nitrogen and oxygen atoms in total. The van der Waals surface area contributed by atoms with Crippen molar-refractivity contribution in [3.05, 3.63) is 29.3 Å². The van der Waals surface area contributed by atoms with Crippen LogP contribution in [-0.4, -0.2) is 37.5 Å². The zero-order valence-electron chi connectivity index (χ0n) is 11.8. The molecule has 0 atom stereocenters. The number of rotatable bonds is 4. The predicted octanol–water partition coefficient (Wildman–Crippen LogP) is 0.995. The number of nitriles is 1. The van der Waals surface area contributed by atoms with Crippen LogP contribution in [0.25, 0.3) is 0 Å². The molecule has 1 saturated heterocycles. The van der Waals surface area contributed by atoms with Crippen molar-refractivity contribution in [1.29, 1.82) is 5.26 Å². The highest BCUT2D eigenvalue weighted by Gasteiger charge is 2.31. The van der Waals surface area contributed by atoms with E-state index < -0.39 is 5.60 Å². The van der Waals surface area contributed by atoms with Crippen LogP contribution < -0.4 is 10.6 Å². The Hall–Kier alpha value is -1.61. The van der Waals surface area contributed by atoms with Gasteiger partial charge in [0.25, 0.3) is 0 Å². The zero-order valence-corrected chi connectivity index (χ0v) is 11.8.